The Morgan fingerprint density at radius 3 is 2.58 bits per heavy atom. The summed E-state index contributed by atoms with van der Waals surface area (Å²) in [6.45, 7) is 0. The molecule has 6 heteroatoms. The summed E-state index contributed by atoms with van der Waals surface area (Å²) in [5.41, 5.74) is 3.00. The normalized spacial score (nSPS) is 13.5. The Balaban J connectivity index is 1.70. The smallest absolute Gasteiger partial charge is 0.258 e. The van der Waals surface area contributed by atoms with Crippen LogP contribution < -0.4 is 10.1 Å². The van der Waals surface area contributed by atoms with E-state index in [1.807, 2.05) is 24.3 Å². The highest BCUT2D eigenvalue weighted by Gasteiger charge is 2.31. The number of aromatic nitrogens is 2. The van der Waals surface area contributed by atoms with E-state index in [9.17, 15) is 9.18 Å². The molecule has 0 bridgehead atoms. The van der Waals surface area contributed by atoms with Crippen LogP contribution in [0, 0.1) is 5.82 Å². The first-order valence-electron chi connectivity index (χ1n) is 8.46. The Morgan fingerprint density at radius 1 is 1.19 bits per heavy atom. The zero-order valence-corrected chi connectivity index (χ0v) is 14.3. The number of H-pyrrole nitrogens is 1. The van der Waals surface area contributed by atoms with Gasteiger partial charge in [0.05, 0.1) is 24.1 Å². The first-order chi connectivity index (χ1) is 12.7. The van der Waals surface area contributed by atoms with Crippen molar-refractivity contribution in [3.8, 4) is 17.0 Å². The van der Waals surface area contributed by atoms with Gasteiger partial charge in [-0.25, -0.2) is 4.39 Å². The number of halogens is 1. The lowest BCUT2D eigenvalue weighted by molar-refractivity contribution is 0.102. The van der Waals surface area contributed by atoms with E-state index in [0.29, 0.717) is 17.3 Å². The number of rotatable bonds is 5. The van der Waals surface area contributed by atoms with E-state index < -0.39 is 11.7 Å². The predicted octanol–water partition coefficient (Wildman–Crippen LogP) is 4.35. The number of anilines is 1. The van der Waals surface area contributed by atoms with Crippen LogP contribution in [0.5, 0.6) is 5.75 Å². The van der Waals surface area contributed by atoms with Crippen LogP contribution in [0.1, 0.15) is 34.8 Å². The molecule has 2 aromatic carbocycles. The first kappa shape index (κ1) is 16.3. The van der Waals surface area contributed by atoms with Crippen molar-refractivity contribution < 1.29 is 13.9 Å². The standard InChI is InChI=1S/C20H18FN3O2/c1-26-14-10-8-13(9-11-14)18-19(17(23-24-18)12-6-7-12)22-20(25)15-4-2-3-5-16(15)21/h2-5,8-12H,6-7H2,1H3,(H,22,25)(H,23,24). The summed E-state index contributed by atoms with van der Waals surface area (Å²) in [5.74, 6) is 0.0580. The third kappa shape index (κ3) is 3.06. The minimum Gasteiger partial charge on any atom is -0.497 e. The molecule has 26 heavy (non-hydrogen) atoms. The summed E-state index contributed by atoms with van der Waals surface area (Å²) in [4.78, 5) is 12.6. The van der Waals surface area contributed by atoms with Gasteiger partial charge in [0.25, 0.3) is 5.91 Å². The van der Waals surface area contributed by atoms with Gasteiger partial charge in [0.2, 0.25) is 0 Å². The number of nitrogens with one attached hydrogen (secondary N) is 2. The molecule has 4 rings (SSSR count). The molecule has 1 aromatic heterocycles. The van der Waals surface area contributed by atoms with Crippen molar-refractivity contribution in [1.29, 1.82) is 0 Å². The Hall–Kier alpha value is -3.15. The van der Waals surface area contributed by atoms with E-state index in [1.54, 1.807) is 19.2 Å². The summed E-state index contributed by atoms with van der Waals surface area (Å²) in [7, 11) is 1.61. The van der Waals surface area contributed by atoms with Gasteiger partial charge in [0, 0.05) is 11.5 Å². The molecule has 1 aliphatic carbocycles. The third-order valence-electron chi connectivity index (χ3n) is 4.50. The van der Waals surface area contributed by atoms with Crippen LogP contribution in [0.3, 0.4) is 0 Å². The number of methoxy groups -OCH3 is 1. The number of hydrogen-bond acceptors (Lipinski definition) is 3. The van der Waals surface area contributed by atoms with Gasteiger partial charge >= 0.3 is 0 Å². The second kappa shape index (κ2) is 6.63. The molecule has 0 atom stereocenters. The maximum absolute atomic E-state index is 13.9. The zero-order valence-electron chi connectivity index (χ0n) is 14.3. The van der Waals surface area contributed by atoms with E-state index in [2.05, 4.69) is 15.5 Å². The minimum atomic E-state index is -0.549. The number of amides is 1. The fourth-order valence-electron chi connectivity index (χ4n) is 2.93. The highest BCUT2D eigenvalue weighted by Crippen LogP contribution is 2.45. The quantitative estimate of drug-likeness (QED) is 0.718. The summed E-state index contributed by atoms with van der Waals surface area (Å²) in [6, 6.07) is 13.4. The van der Waals surface area contributed by atoms with Crippen LogP contribution in [0.25, 0.3) is 11.3 Å². The predicted molar refractivity (Wildman–Crippen MR) is 96.9 cm³/mol. The maximum Gasteiger partial charge on any atom is 0.258 e. The second-order valence-electron chi connectivity index (χ2n) is 6.30. The highest BCUT2D eigenvalue weighted by atomic mass is 19.1. The number of nitrogens with zero attached hydrogens (tertiary/aromatic N) is 1. The van der Waals surface area contributed by atoms with E-state index >= 15 is 0 Å². The van der Waals surface area contributed by atoms with Crippen LogP contribution in [0.2, 0.25) is 0 Å². The Bertz CT molecular complexity index is 946. The molecule has 0 radical (unpaired) electrons. The molecule has 0 saturated heterocycles. The molecular formula is C20H18FN3O2. The molecule has 1 heterocycles. The number of carbonyl (C=O) groups excluding carboxylic acids is 1. The lowest BCUT2D eigenvalue weighted by atomic mass is 10.1. The molecule has 1 amide bonds. The van der Waals surface area contributed by atoms with Crippen molar-refractivity contribution in [1.82, 2.24) is 10.2 Å². The van der Waals surface area contributed by atoms with E-state index in [4.69, 9.17) is 4.74 Å². The average molecular weight is 351 g/mol. The van der Waals surface area contributed by atoms with Crippen LogP contribution in [0.4, 0.5) is 10.1 Å². The number of aromatic amines is 1. The molecule has 1 saturated carbocycles. The number of hydrogen-bond donors (Lipinski definition) is 2. The van der Waals surface area contributed by atoms with E-state index in [0.717, 1.165) is 29.8 Å². The molecule has 0 aliphatic heterocycles. The minimum absolute atomic E-state index is 0.0103. The van der Waals surface area contributed by atoms with Crippen molar-refractivity contribution in [2.75, 3.05) is 12.4 Å². The van der Waals surface area contributed by atoms with Gasteiger partial charge in [-0.1, -0.05) is 12.1 Å². The Morgan fingerprint density at radius 2 is 1.92 bits per heavy atom. The molecule has 1 aliphatic rings. The molecule has 2 N–H and O–H groups in total. The lowest BCUT2D eigenvalue weighted by Gasteiger charge is -2.09. The summed E-state index contributed by atoms with van der Waals surface area (Å²) in [5, 5.41) is 10.3. The van der Waals surface area contributed by atoms with Gasteiger partial charge in [-0.3, -0.25) is 9.89 Å². The van der Waals surface area contributed by atoms with E-state index in [-0.39, 0.29) is 5.56 Å². The molecule has 0 spiro atoms. The first-order valence-corrected chi connectivity index (χ1v) is 8.46. The van der Waals surface area contributed by atoms with Gasteiger partial charge < -0.3 is 10.1 Å². The van der Waals surface area contributed by atoms with Crippen molar-refractivity contribution in [2.24, 2.45) is 0 Å². The Labute approximate surface area is 150 Å². The summed E-state index contributed by atoms with van der Waals surface area (Å²) in [6.07, 6.45) is 2.10. The topological polar surface area (TPSA) is 67.0 Å². The fourth-order valence-corrected chi connectivity index (χ4v) is 2.93. The number of benzene rings is 2. The van der Waals surface area contributed by atoms with Gasteiger partial charge in [0.15, 0.2) is 0 Å². The van der Waals surface area contributed by atoms with Crippen LogP contribution >= 0.6 is 0 Å². The van der Waals surface area contributed by atoms with E-state index in [1.165, 1.54) is 12.1 Å². The van der Waals surface area contributed by atoms with Gasteiger partial charge in [0.1, 0.15) is 17.3 Å². The lowest BCUT2D eigenvalue weighted by Crippen LogP contribution is -2.14. The monoisotopic (exact) mass is 351 g/mol. The average Bonchev–Trinajstić information content (AvgIpc) is 3.43. The van der Waals surface area contributed by atoms with Gasteiger partial charge in [-0.05, 0) is 49.2 Å². The molecular weight excluding hydrogens is 333 g/mol. The fraction of sp³-hybridized carbons (Fsp3) is 0.200. The Kier molecular flexibility index (Phi) is 4.16. The third-order valence-corrected chi connectivity index (χ3v) is 4.50. The van der Waals surface area contributed by atoms with Crippen molar-refractivity contribution in [3.05, 3.63) is 65.6 Å². The molecule has 0 unspecified atom stereocenters. The van der Waals surface area contributed by atoms with Crippen molar-refractivity contribution in [3.63, 3.8) is 0 Å². The van der Waals surface area contributed by atoms with Crippen LogP contribution in [-0.4, -0.2) is 23.2 Å². The zero-order chi connectivity index (χ0) is 18.1. The largest absolute Gasteiger partial charge is 0.497 e. The second-order valence-corrected chi connectivity index (χ2v) is 6.30. The number of ether oxygens (including phenoxy) is 1. The summed E-state index contributed by atoms with van der Waals surface area (Å²) < 4.78 is 19.1. The highest BCUT2D eigenvalue weighted by molar-refractivity contribution is 6.06. The number of carbonyl (C=O) groups is 1. The molecule has 1 fully saturated rings. The van der Waals surface area contributed by atoms with Crippen molar-refractivity contribution >= 4 is 11.6 Å². The molecule has 132 valence electrons. The van der Waals surface area contributed by atoms with Gasteiger partial charge in [-0.15, -0.1) is 0 Å². The van der Waals surface area contributed by atoms with Crippen LogP contribution in [-0.2, 0) is 0 Å². The molecule has 5 nitrogen and oxygen atoms in total. The molecule has 3 aromatic rings. The van der Waals surface area contributed by atoms with Crippen molar-refractivity contribution in [2.45, 2.75) is 18.8 Å². The summed E-state index contributed by atoms with van der Waals surface area (Å²) >= 11 is 0. The van der Waals surface area contributed by atoms with Gasteiger partial charge in [-0.2, -0.15) is 5.10 Å². The SMILES string of the molecule is COc1ccc(-c2n[nH]c(C3CC3)c2NC(=O)c2ccccc2F)cc1. The maximum atomic E-state index is 13.9. The van der Waals surface area contributed by atoms with Crippen LogP contribution in [0.15, 0.2) is 48.5 Å².